The molecule has 104 valence electrons. The van der Waals surface area contributed by atoms with Crippen molar-refractivity contribution in [3.63, 3.8) is 0 Å². The Hall–Kier alpha value is -0.650. The molecule has 0 bridgehead atoms. The monoisotopic (exact) mass is 459 g/mol. The van der Waals surface area contributed by atoms with Gasteiger partial charge in [-0.15, -0.1) is 0 Å². The Morgan fingerprint density at radius 1 is 1.10 bits per heavy atom. The van der Waals surface area contributed by atoms with Gasteiger partial charge in [0.25, 0.3) is 5.91 Å². The van der Waals surface area contributed by atoms with E-state index in [4.69, 9.17) is 0 Å². The molecule has 1 N–H and O–H groups in total. The molecule has 5 heteroatoms. The molecule has 20 heavy (non-hydrogen) atoms. The molecule has 0 aliphatic heterocycles. The normalized spacial score (nSPS) is 11.9. The van der Waals surface area contributed by atoms with Crippen molar-refractivity contribution in [1.82, 2.24) is 5.32 Å². The Balaban J connectivity index is 2.00. The average Bonchev–Trinajstić information content (AvgIpc) is 2.47. The minimum Gasteiger partial charge on any atom is -0.351 e. The van der Waals surface area contributed by atoms with Crippen LogP contribution in [-0.2, 0) is 0 Å². The van der Waals surface area contributed by atoms with E-state index in [0.717, 1.165) is 14.5 Å². The van der Waals surface area contributed by atoms with Crippen LogP contribution < -0.4 is 5.32 Å². The molecule has 0 heterocycles. The lowest BCUT2D eigenvalue weighted by molar-refractivity contribution is 0.0953. The van der Waals surface area contributed by atoms with Crippen LogP contribution in [0.4, 0.5) is 0 Å². The number of hydrogen-bond donors (Lipinski definition) is 1. The smallest absolute Gasteiger partial charge is 0.252 e. The second kappa shape index (κ2) is 7.38. The van der Waals surface area contributed by atoms with Crippen molar-refractivity contribution in [2.24, 2.45) is 0 Å². The van der Waals surface area contributed by atoms with Crippen molar-refractivity contribution in [2.75, 3.05) is 6.54 Å². The van der Waals surface area contributed by atoms with Crippen molar-refractivity contribution in [3.05, 3.63) is 68.6 Å². The maximum Gasteiger partial charge on any atom is 0.252 e. The van der Waals surface area contributed by atoms with E-state index in [1.807, 2.05) is 42.5 Å². The molecule has 0 fully saturated rings. The van der Waals surface area contributed by atoms with E-state index in [1.54, 1.807) is 6.07 Å². The summed E-state index contributed by atoms with van der Waals surface area (Å²) in [5.74, 6) is -0.0986. The molecule has 0 aliphatic carbocycles. The van der Waals surface area contributed by atoms with E-state index in [0.29, 0.717) is 12.1 Å². The highest BCUT2D eigenvalue weighted by Crippen LogP contribution is 2.23. The minimum absolute atomic E-state index is 0.0959. The van der Waals surface area contributed by atoms with Gasteiger partial charge in [0.2, 0.25) is 0 Å². The van der Waals surface area contributed by atoms with Crippen LogP contribution in [0.1, 0.15) is 20.7 Å². The van der Waals surface area contributed by atoms with E-state index in [9.17, 15) is 4.79 Å². The van der Waals surface area contributed by atoms with Crippen LogP contribution in [0.15, 0.2) is 57.5 Å². The number of amides is 1. The molecule has 2 nitrogen and oxygen atoms in total. The largest absolute Gasteiger partial charge is 0.351 e. The fourth-order valence-electron chi connectivity index (χ4n) is 1.73. The van der Waals surface area contributed by atoms with Gasteiger partial charge in [0, 0.05) is 15.5 Å². The van der Waals surface area contributed by atoms with E-state index in [2.05, 4.69) is 53.1 Å². The zero-order chi connectivity index (χ0) is 14.5. The first-order chi connectivity index (χ1) is 9.58. The van der Waals surface area contributed by atoms with Crippen molar-refractivity contribution in [1.29, 1.82) is 0 Å². The summed E-state index contributed by atoms with van der Waals surface area (Å²) in [6.45, 7) is 0.530. The minimum atomic E-state index is -0.0986. The molecule has 2 rings (SSSR count). The van der Waals surface area contributed by atoms with Crippen LogP contribution in [0.3, 0.4) is 0 Å². The van der Waals surface area contributed by atoms with E-state index in [-0.39, 0.29) is 10.7 Å². The zero-order valence-electron chi connectivity index (χ0n) is 10.4. The highest BCUT2D eigenvalue weighted by molar-refractivity contribution is 9.11. The summed E-state index contributed by atoms with van der Waals surface area (Å²) in [6.07, 6.45) is 0. The molecule has 1 unspecified atom stereocenters. The van der Waals surface area contributed by atoms with Gasteiger partial charge in [-0.25, -0.2) is 0 Å². The van der Waals surface area contributed by atoms with Gasteiger partial charge in [0.1, 0.15) is 0 Å². The Morgan fingerprint density at radius 3 is 2.50 bits per heavy atom. The number of nitrogens with one attached hydrogen (secondary N) is 1. The molecule has 0 spiro atoms. The van der Waals surface area contributed by atoms with Gasteiger partial charge in [0.05, 0.1) is 10.4 Å². The lowest BCUT2D eigenvalue weighted by Gasteiger charge is -2.12. The Bertz CT molecular complexity index is 601. The van der Waals surface area contributed by atoms with E-state index >= 15 is 0 Å². The van der Waals surface area contributed by atoms with Gasteiger partial charge in [-0.05, 0) is 39.7 Å². The van der Waals surface area contributed by atoms with Gasteiger partial charge in [-0.2, -0.15) is 0 Å². The highest BCUT2D eigenvalue weighted by atomic mass is 79.9. The van der Waals surface area contributed by atoms with Crippen LogP contribution >= 0.6 is 47.8 Å². The first kappa shape index (κ1) is 15.7. The quantitative estimate of drug-likeness (QED) is 0.632. The molecule has 0 saturated heterocycles. The number of halogens is 3. The second-order valence-corrected chi connectivity index (χ2v) is 7.09. The average molecular weight is 462 g/mol. The summed E-state index contributed by atoms with van der Waals surface area (Å²) in [5.41, 5.74) is 1.76. The molecule has 0 saturated carbocycles. The standard InChI is InChI=1S/C15H12Br3NO/c16-11-6-7-13(17)12(8-11)15(20)19-9-14(18)10-4-2-1-3-5-10/h1-8,14H,9H2,(H,19,20). The molecule has 2 aromatic rings. The third kappa shape index (κ3) is 4.17. The molecule has 2 aromatic carbocycles. The predicted octanol–water partition coefficient (Wildman–Crippen LogP) is 5.08. The summed E-state index contributed by atoms with van der Waals surface area (Å²) < 4.78 is 1.66. The molecule has 0 aromatic heterocycles. The number of carbonyl (C=O) groups is 1. The van der Waals surface area contributed by atoms with Gasteiger partial charge >= 0.3 is 0 Å². The summed E-state index contributed by atoms with van der Waals surface area (Å²) in [7, 11) is 0. The first-order valence-corrected chi connectivity index (χ1v) is 8.50. The highest BCUT2D eigenvalue weighted by Gasteiger charge is 2.13. The second-order valence-electron chi connectivity index (χ2n) is 4.21. The van der Waals surface area contributed by atoms with Crippen molar-refractivity contribution in [3.8, 4) is 0 Å². The molecule has 0 aliphatic rings. The van der Waals surface area contributed by atoms with Crippen LogP contribution in [0.5, 0.6) is 0 Å². The van der Waals surface area contributed by atoms with Crippen LogP contribution in [0.2, 0.25) is 0 Å². The molecule has 1 amide bonds. The van der Waals surface area contributed by atoms with Gasteiger partial charge < -0.3 is 5.32 Å². The third-order valence-corrected chi connectivity index (χ3v) is 4.81. The van der Waals surface area contributed by atoms with E-state index in [1.165, 1.54) is 0 Å². The summed E-state index contributed by atoms with van der Waals surface area (Å²) in [4.78, 5) is 12.3. The Labute approximate surface area is 143 Å². The van der Waals surface area contributed by atoms with E-state index < -0.39 is 0 Å². The molecule has 1 atom stereocenters. The fourth-order valence-corrected chi connectivity index (χ4v) is 2.98. The summed E-state index contributed by atoms with van der Waals surface area (Å²) in [6, 6.07) is 15.5. The summed E-state index contributed by atoms with van der Waals surface area (Å²) >= 11 is 10.3. The summed E-state index contributed by atoms with van der Waals surface area (Å²) in [5, 5.41) is 2.93. The fraction of sp³-hybridized carbons (Fsp3) is 0.133. The zero-order valence-corrected chi connectivity index (χ0v) is 15.2. The number of hydrogen-bond acceptors (Lipinski definition) is 1. The number of rotatable bonds is 4. The molecular formula is C15H12Br3NO. The lowest BCUT2D eigenvalue weighted by atomic mass is 10.1. The van der Waals surface area contributed by atoms with Crippen molar-refractivity contribution in [2.45, 2.75) is 4.83 Å². The molecular weight excluding hydrogens is 450 g/mol. The number of benzene rings is 2. The van der Waals surface area contributed by atoms with Crippen LogP contribution in [0.25, 0.3) is 0 Å². The Morgan fingerprint density at radius 2 is 1.80 bits per heavy atom. The van der Waals surface area contributed by atoms with Gasteiger partial charge in [-0.1, -0.05) is 62.2 Å². The van der Waals surface area contributed by atoms with Gasteiger partial charge in [0.15, 0.2) is 0 Å². The number of alkyl halides is 1. The SMILES string of the molecule is O=C(NCC(Br)c1ccccc1)c1cc(Br)ccc1Br. The third-order valence-electron chi connectivity index (χ3n) is 2.78. The first-order valence-electron chi connectivity index (χ1n) is 6.00. The van der Waals surface area contributed by atoms with Crippen molar-refractivity contribution < 1.29 is 4.79 Å². The maximum absolute atomic E-state index is 12.2. The number of carbonyl (C=O) groups excluding carboxylic acids is 1. The topological polar surface area (TPSA) is 29.1 Å². The lowest BCUT2D eigenvalue weighted by Crippen LogP contribution is -2.27. The maximum atomic E-state index is 12.2. The van der Waals surface area contributed by atoms with Crippen LogP contribution in [-0.4, -0.2) is 12.5 Å². The van der Waals surface area contributed by atoms with Crippen LogP contribution in [0, 0.1) is 0 Å². The predicted molar refractivity (Wildman–Crippen MR) is 92.3 cm³/mol. The van der Waals surface area contributed by atoms with Gasteiger partial charge in [-0.3, -0.25) is 4.79 Å². The van der Waals surface area contributed by atoms with Crippen molar-refractivity contribution >= 4 is 53.7 Å². The Kier molecular flexibility index (Phi) is 5.81. The molecule has 0 radical (unpaired) electrons.